The van der Waals surface area contributed by atoms with Gasteiger partial charge < -0.3 is 9.84 Å². The van der Waals surface area contributed by atoms with Crippen LogP contribution in [-0.4, -0.2) is 17.7 Å². The molecule has 1 atom stereocenters. The van der Waals surface area contributed by atoms with Crippen molar-refractivity contribution < 1.29 is 14.6 Å². The van der Waals surface area contributed by atoms with E-state index in [4.69, 9.17) is 4.74 Å². The van der Waals surface area contributed by atoms with Gasteiger partial charge in [0.05, 0.1) is 12.0 Å². The van der Waals surface area contributed by atoms with E-state index >= 15 is 0 Å². The van der Waals surface area contributed by atoms with Gasteiger partial charge in [-0.3, -0.25) is 4.79 Å². The lowest BCUT2D eigenvalue weighted by Crippen LogP contribution is -2.30. The molecule has 3 heteroatoms. The van der Waals surface area contributed by atoms with Crippen molar-refractivity contribution in [3.05, 3.63) is 42.5 Å². The van der Waals surface area contributed by atoms with Crippen molar-refractivity contribution in [2.24, 2.45) is 5.41 Å². The van der Waals surface area contributed by atoms with Crippen molar-refractivity contribution in [2.45, 2.75) is 20.3 Å². The second kappa shape index (κ2) is 5.53. The number of phenolic OH excluding ortho intramolecular Hbond substituents is 1. The van der Waals surface area contributed by atoms with Crippen LogP contribution in [0, 0.1) is 5.41 Å². The number of benzene rings is 1. The second-order valence-corrected chi connectivity index (χ2v) is 4.19. The Balaban J connectivity index is 2.89. The lowest BCUT2D eigenvalue weighted by Gasteiger charge is -2.23. The number of carbonyl (C=O) groups excluding carboxylic acids is 1. The molecule has 1 aromatic carbocycles. The smallest absolute Gasteiger partial charge is 0.315 e. The van der Waals surface area contributed by atoms with Gasteiger partial charge >= 0.3 is 5.97 Å². The third-order valence-corrected chi connectivity index (χ3v) is 2.67. The van der Waals surface area contributed by atoms with E-state index in [0.29, 0.717) is 13.0 Å². The standard InChI is InChI=1S/C14H18O3/c1-4-14(3,13(16)17-5-2)10-11-7-6-8-12(15)9-11/h4,6-9,15H,1,5,10H2,2-3H3. The zero-order chi connectivity index (χ0) is 12.9. The Morgan fingerprint density at radius 1 is 1.59 bits per heavy atom. The Morgan fingerprint density at radius 3 is 2.82 bits per heavy atom. The fourth-order valence-corrected chi connectivity index (χ4v) is 1.61. The maximum Gasteiger partial charge on any atom is 0.315 e. The molecule has 0 aromatic heterocycles. The summed E-state index contributed by atoms with van der Waals surface area (Å²) in [6.45, 7) is 7.59. The van der Waals surface area contributed by atoms with E-state index in [9.17, 15) is 9.90 Å². The number of carbonyl (C=O) groups is 1. The Morgan fingerprint density at radius 2 is 2.29 bits per heavy atom. The number of hydrogen-bond donors (Lipinski definition) is 1. The molecule has 0 aliphatic carbocycles. The number of hydrogen-bond acceptors (Lipinski definition) is 3. The van der Waals surface area contributed by atoms with Gasteiger partial charge in [0, 0.05) is 0 Å². The minimum absolute atomic E-state index is 0.192. The molecule has 0 bridgehead atoms. The Bertz CT molecular complexity index is 412. The van der Waals surface area contributed by atoms with Crippen molar-refractivity contribution >= 4 is 5.97 Å². The zero-order valence-corrected chi connectivity index (χ0v) is 10.3. The first-order valence-electron chi connectivity index (χ1n) is 5.60. The maximum absolute atomic E-state index is 11.8. The minimum Gasteiger partial charge on any atom is -0.508 e. The minimum atomic E-state index is -0.760. The Labute approximate surface area is 102 Å². The first-order valence-corrected chi connectivity index (χ1v) is 5.60. The first kappa shape index (κ1) is 13.3. The summed E-state index contributed by atoms with van der Waals surface area (Å²) in [5, 5.41) is 9.38. The molecule has 0 saturated heterocycles. The summed E-state index contributed by atoms with van der Waals surface area (Å²) in [5.41, 5.74) is 0.115. The van der Waals surface area contributed by atoms with Crippen LogP contribution >= 0.6 is 0 Å². The highest BCUT2D eigenvalue weighted by molar-refractivity contribution is 5.79. The SMILES string of the molecule is C=CC(C)(Cc1cccc(O)c1)C(=O)OCC. The second-order valence-electron chi connectivity index (χ2n) is 4.19. The lowest BCUT2D eigenvalue weighted by molar-refractivity contribution is -0.151. The number of ether oxygens (including phenoxy) is 1. The van der Waals surface area contributed by atoms with Crippen LogP contribution in [0.3, 0.4) is 0 Å². The van der Waals surface area contributed by atoms with E-state index < -0.39 is 5.41 Å². The van der Waals surface area contributed by atoms with Crippen LogP contribution in [0.5, 0.6) is 5.75 Å². The molecule has 0 radical (unpaired) electrons. The van der Waals surface area contributed by atoms with E-state index in [2.05, 4.69) is 6.58 Å². The fraction of sp³-hybridized carbons (Fsp3) is 0.357. The van der Waals surface area contributed by atoms with Crippen LogP contribution in [-0.2, 0) is 16.0 Å². The van der Waals surface area contributed by atoms with Crippen LogP contribution < -0.4 is 0 Å². The summed E-state index contributed by atoms with van der Waals surface area (Å²) in [7, 11) is 0. The third-order valence-electron chi connectivity index (χ3n) is 2.67. The monoisotopic (exact) mass is 234 g/mol. The quantitative estimate of drug-likeness (QED) is 0.629. The molecular formula is C14H18O3. The van der Waals surface area contributed by atoms with Crippen molar-refractivity contribution in [1.82, 2.24) is 0 Å². The van der Waals surface area contributed by atoms with Crippen LogP contribution in [0.15, 0.2) is 36.9 Å². The van der Waals surface area contributed by atoms with Gasteiger partial charge in [0.2, 0.25) is 0 Å². The third kappa shape index (κ3) is 3.34. The van der Waals surface area contributed by atoms with Gasteiger partial charge in [0.25, 0.3) is 0 Å². The Kier molecular flexibility index (Phi) is 4.32. The summed E-state index contributed by atoms with van der Waals surface area (Å²) in [5.74, 6) is -0.101. The highest BCUT2D eigenvalue weighted by atomic mass is 16.5. The molecule has 92 valence electrons. The average Bonchev–Trinajstić information content (AvgIpc) is 2.29. The molecule has 1 aromatic rings. The van der Waals surface area contributed by atoms with Crippen LogP contribution in [0.25, 0.3) is 0 Å². The van der Waals surface area contributed by atoms with Crippen LogP contribution in [0.2, 0.25) is 0 Å². The van der Waals surface area contributed by atoms with Gasteiger partial charge in [0.15, 0.2) is 0 Å². The summed E-state index contributed by atoms with van der Waals surface area (Å²) < 4.78 is 5.03. The molecule has 17 heavy (non-hydrogen) atoms. The van der Waals surface area contributed by atoms with Crippen molar-refractivity contribution in [3.8, 4) is 5.75 Å². The molecule has 0 spiro atoms. The van der Waals surface area contributed by atoms with E-state index in [0.717, 1.165) is 5.56 Å². The Hall–Kier alpha value is -1.77. The van der Waals surface area contributed by atoms with Crippen molar-refractivity contribution in [3.63, 3.8) is 0 Å². The summed E-state index contributed by atoms with van der Waals surface area (Å²) >= 11 is 0. The van der Waals surface area contributed by atoms with E-state index in [1.165, 1.54) is 0 Å². The highest BCUT2D eigenvalue weighted by Crippen LogP contribution is 2.27. The van der Waals surface area contributed by atoms with Gasteiger partial charge in [0.1, 0.15) is 5.75 Å². The summed E-state index contributed by atoms with van der Waals surface area (Å²) in [4.78, 5) is 11.8. The number of phenols is 1. The van der Waals surface area contributed by atoms with Crippen LogP contribution in [0.1, 0.15) is 19.4 Å². The first-order chi connectivity index (χ1) is 8.01. The van der Waals surface area contributed by atoms with Crippen molar-refractivity contribution in [1.29, 1.82) is 0 Å². The molecule has 0 saturated carbocycles. The zero-order valence-electron chi connectivity index (χ0n) is 10.3. The average molecular weight is 234 g/mol. The molecule has 1 unspecified atom stereocenters. The van der Waals surface area contributed by atoms with E-state index in [1.807, 2.05) is 6.07 Å². The predicted octanol–water partition coefficient (Wildman–Crippen LogP) is 2.69. The molecule has 3 nitrogen and oxygen atoms in total. The molecule has 0 aliphatic rings. The fourth-order valence-electron chi connectivity index (χ4n) is 1.61. The molecule has 1 N–H and O–H groups in total. The normalized spacial score (nSPS) is 13.8. The van der Waals surface area contributed by atoms with E-state index in [-0.39, 0.29) is 11.7 Å². The number of aromatic hydroxyl groups is 1. The van der Waals surface area contributed by atoms with Gasteiger partial charge in [-0.15, -0.1) is 6.58 Å². The maximum atomic E-state index is 11.8. The van der Waals surface area contributed by atoms with Crippen molar-refractivity contribution in [2.75, 3.05) is 6.61 Å². The van der Waals surface area contributed by atoms with Crippen LogP contribution in [0.4, 0.5) is 0 Å². The predicted molar refractivity (Wildman–Crippen MR) is 66.7 cm³/mol. The summed E-state index contributed by atoms with van der Waals surface area (Å²) in [6.07, 6.45) is 2.05. The van der Waals surface area contributed by atoms with Gasteiger partial charge in [-0.1, -0.05) is 18.2 Å². The van der Waals surface area contributed by atoms with Gasteiger partial charge in [-0.05, 0) is 38.0 Å². The largest absolute Gasteiger partial charge is 0.508 e. The molecule has 0 amide bonds. The lowest BCUT2D eigenvalue weighted by atomic mass is 9.84. The topological polar surface area (TPSA) is 46.5 Å². The molecule has 1 rings (SSSR count). The van der Waals surface area contributed by atoms with E-state index in [1.54, 1.807) is 38.1 Å². The molecular weight excluding hydrogens is 216 g/mol. The molecule has 0 fully saturated rings. The van der Waals surface area contributed by atoms with Gasteiger partial charge in [-0.2, -0.15) is 0 Å². The summed E-state index contributed by atoms with van der Waals surface area (Å²) in [6, 6.07) is 6.85. The number of esters is 1. The molecule has 0 aliphatic heterocycles. The molecule has 0 heterocycles. The highest BCUT2D eigenvalue weighted by Gasteiger charge is 2.31. The van der Waals surface area contributed by atoms with Gasteiger partial charge in [-0.25, -0.2) is 0 Å². The number of rotatable bonds is 5.